The fraction of sp³-hybridized carbons (Fsp3) is 0.333. The summed E-state index contributed by atoms with van der Waals surface area (Å²) in [5.74, 6) is -1.17. The number of hydrogen-bond donors (Lipinski definition) is 1. The van der Waals surface area contributed by atoms with Crippen molar-refractivity contribution in [1.82, 2.24) is 0 Å². The number of carboxylic acids is 1. The van der Waals surface area contributed by atoms with Crippen molar-refractivity contribution in [3.8, 4) is 0 Å². The highest BCUT2D eigenvalue weighted by Crippen LogP contribution is 2.26. The Kier molecular flexibility index (Phi) is 3.70. The highest BCUT2D eigenvalue weighted by molar-refractivity contribution is 6.30. The van der Waals surface area contributed by atoms with E-state index >= 15 is 0 Å². The molecule has 1 N–H and O–H groups in total. The third-order valence-corrected chi connectivity index (χ3v) is 2.57. The first-order chi connectivity index (χ1) is 7.33. The zero-order valence-electron chi connectivity index (χ0n) is 9.16. The Bertz CT molecular complexity index is 407. The molecule has 0 unspecified atom stereocenters. The molecule has 16 heavy (non-hydrogen) atoms. The summed E-state index contributed by atoms with van der Waals surface area (Å²) in [6.45, 7) is 3.25. The Labute approximate surface area is 99.0 Å². The quantitative estimate of drug-likeness (QED) is 0.823. The minimum atomic E-state index is -0.979. The molecule has 0 spiro atoms. The van der Waals surface area contributed by atoms with Gasteiger partial charge in [-0.2, -0.15) is 0 Å². The zero-order valence-corrected chi connectivity index (χ0v) is 9.91. The van der Waals surface area contributed by atoms with Crippen LogP contribution in [0.3, 0.4) is 0 Å². The molecular formula is C12H13ClO3. The number of benzene rings is 1. The summed E-state index contributed by atoms with van der Waals surface area (Å²) in [4.78, 5) is 22.6. The van der Waals surface area contributed by atoms with Crippen LogP contribution in [0.15, 0.2) is 24.3 Å². The summed E-state index contributed by atoms with van der Waals surface area (Å²) in [5, 5.41) is 9.26. The van der Waals surface area contributed by atoms with Crippen LogP contribution in [0.5, 0.6) is 0 Å². The van der Waals surface area contributed by atoms with Gasteiger partial charge in [0.15, 0.2) is 5.78 Å². The second kappa shape index (κ2) is 4.66. The van der Waals surface area contributed by atoms with E-state index in [4.69, 9.17) is 16.7 Å². The van der Waals surface area contributed by atoms with Crippen LogP contribution in [0.2, 0.25) is 5.02 Å². The summed E-state index contributed by atoms with van der Waals surface area (Å²) >= 11 is 5.71. The molecule has 0 saturated heterocycles. The highest BCUT2D eigenvalue weighted by Gasteiger charge is 2.31. The minimum absolute atomic E-state index is 0.186. The Morgan fingerprint density at radius 3 is 2.19 bits per heavy atom. The molecule has 0 aliphatic carbocycles. The van der Waals surface area contributed by atoms with E-state index in [1.807, 2.05) is 0 Å². The first-order valence-electron chi connectivity index (χ1n) is 4.85. The maximum Gasteiger partial charge on any atom is 0.304 e. The van der Waals surface area contributed by atoms with Crippen molar-refractivity contribution in [1.29, 1.82) is 0 Å². The molecule has 4 heteroatoms. The van der Waals surface area contributed by atoms with Gasteiger partial charge in [-0.05, 0) is 24.3 Å². The van der Waals surface area contributed by atoms with Gasteiger partial charge in [0.2, 0.25) is 0 Å². The van der Waals surface area contributed by atoms with E-state index in [1.54, 1.807) is 38.1 Å². The predicted octanol–water partition coefficient (Wildman–Crippen LogP) is 3.02. The van der Waals surface area contributed by atoms with Crippen molar-refractivity contribution in [3.63, 3.8) is 0 Å². The number of aliphatic carboxylic acids is 1. The van der Waals surface area contributed by atoms with Crippen LogP contribution in [0.1, 0.15) is 30.6 Å². The molecule has 0 fully saturated rings. The second-order valence-corrected chi connectivity index (χ2v) is 4.73. The number of Topliss-reactive ketones (excluding diaryl/α,β-unsaturated/α-hetero) is 1. The molecular weight excluding hydrogens is 228 g/mol. The van der Waals surface area contributed by atoms with Crippen molar-refractivity contribution in [2.45, 2.75) is 20.3 Å². The number of carbonyl (C=O) groups excluding carboxylic acids is 1. The van der Waals surface area contributed by atoms with E-state index in [2.05, 4.69) is 0 Å². The molecule has 0 bridgehead atoms. The average molecular weight is 241 g/mol. The van der Waals surface area contributed by atoms with Gasteiger partial charge in [0.1, 0.15) is 0 Å². The second-order valence-electron chi connectivity index (χ2n) is 4.29. The van der Waals surface area contributed by atoms with Crippen LogP contribution in [0.4, 0.5) is 0 Å². The lowest BCUT2D eigenvalue weighted by Crippen LogP contribution is -2.27. The lowest BCUT2D eigenvalue weighted by atomic mass is 9.81. The lowest BCUT2D eigenvalue weighted by molar-refractivity contribution is -0.138. The van der Waals surface area contributed by atoms with Crippen LogP contribution in [-0.4, -0.2) is 16.9 Å². The average Bonchev–Trinajstić information content (AvgIpc) is 2.16. The molecule has 3 nitrogen and oxygen atoms in total. The molecule has 0 aliphatic heterocycles. The maximum absolute atomic E-state index is 12.0. The van der Waals surface area contributed by atoms with Gasteiger partial charge in [0.25, 0.3) is 0 Å². The van der Waals surface area contributed by atoms with Gasteiger partial charge < -0.3 is 5.11 Å². The molecule has 0 amide bonds. The van der Waals surface area contributed by atoms with Gasteiger partial charge in [0, 0.05) is 16.0 Å². The third kappa shape index (κ3) is 3.07. The van der Waals surface area contributed by atoms with Crippen LogP contribution >= 0.6 is 11.6 Å². The maximum atomic E-state index is 12.0. The topological polar surface area (TPSA) is 54.4 Å². The molecule has 0 saturated carbocycles. The number of rotatable bonds is 4. The molecule has 0 heterocycles. The number of carboxylic acid groups (broad SMARTS) is 1. The summed E-state index contributed by atoms with van der Waals surface area (Å²) in [5.41, 5.74) is -0.421. The summed E-state index contributed by atoms with van der Waals surface area (Å²) in [7, 11) is 0. The van der Waals surface area contributed by atoms with E-state index in [0.29, 0.717) is 10.6 Å². The molecule has 1 aromatic rings. The molecule has 86 valence electrons. The number of ketones is 1. The first kappa shape index (κ1) is 12.7. The fourth-order valence-corrected chi connectivity index (χ4v) is 1.58. The Morgan fingerprint density at radius 1 is 1.25 bits per heavy atom. The van der Waals surface area contributed by atoms with E-state index < -0.39 is 11.4 Å². The van der Waals surface area contributed by atoms with E-state index in [-0.39, 0.29) is 12.2 Å². The van der Waals surface area contributed by atoms with Crippen molar-refractivity contribution in [3.05, 3.63) is 34.9 Å². The zero-order chi connectivity index (χ0) is 12.3. The predicted molar refractivity (Wildman–Crippen MR) is 61.8 cm³/mol. The number of halogens is 1. The number of hydrogen-bond acceptors (Lipinski definition) is 2. The van der Waals surface area contributed by atoms with Gasteiger partial charge in [-0.1, -0.05) is 25.4 Å². The molecule has 1 aromatic carbocycles. The van der Waals surface area contributed by atoms with Crippen molar-refractivity contribution < 1.29 is 14.7 Å². The summed E-state index contributed by atoms with van der Waals surface area (Å²) in [6, 6.07) is 6.44. The minimum Gasteiger partial charge on any atom is -0.481 e. The van der Waals surface area contributed by atoms with Gasteiger partial charge >= 0.3 is 5.97 Å². The van der Waals surface area contributed by atoms with E-state index in [1.165, 1.54) is 0 Å². The Morgan fingerprint density at radius 2 is 1.75 bits per heavy atom. The monoisotopic (exact) mass is 240 g/mol. The fourth-order valence-electron chi connectivity index (χ4n) is 1.45. The lowest BCUT2D eigenvalue weighted by Gasteiger charge is -2.20. The largest absolute Gasteiger partial charge is 0.481 e. The Hall–Kier alpha value is -1.35. The van der Waals surface area contributed by atoms with E-state index in [0.717, 1.165) is 0 Å². The molecule has 0 aliphatic rings. The van der Waals surface area contributed by atoms with E-state index in [9.17, 15) is 9.59 Å². The highest BCUT2D eigenvalue weighted by atomic mass is 35.5. The molecule has 0 radical (unpaired) electrons. The Balaban J connectivity index is 2.93. The van der Waals surface area contributed by atoms with Crippen molar-refractivity contribution in [2.24, 2.45) is 5.41 Å². The van der Waals surface area contributed by atoms with Crippen molar-refractivity contribution >= 4 is 23.4 Å². The van der Waals surface area contributed by atoms with Crippen LogP contribution < -0.4 is 0 Å². The van der Waals surface area contributed by atoms with Crippen LogP contribution in [0, 0.1) is 5.41 Å². The molecule has 0 atom stereocenters. The normalized spacial score (nSPS) is 11.2. The molecule has 1 rings (SSSR count). The summed E-state index contributed by atoms with van der Waals surface area (Å²) in [6.07, 6.45) is -0.186. The van der Waals surface area contributed by atoms with Crippen LogP contribution in [-0.2, 0) is 4.79 Å². The van der Waals surface area contributed by atoms with Crippen LogP contribution in [0.25, 0.3) is 0 Å². The SMILES string of the molecule is CC(C)(CC(=O)O)C(=O)c1ccc(Cl)cc1. The van der Waals surface area contributed by atoms with Gasteiger partial charge in [-0.25, -0.2) is 0 Å². The van der Waals surface area contributed by atoms with Gasteiger partial charge in [0.05, 0.1) is 6.42 Å². The van der Waals surface area contributed by atoms with Crippen molar-refractivity contribution in [2.75, 3.05) is 0 Å². The van der Waals surface area contributed by atoms with Gasteiger partial charge in [-0.15, -0.1) is 0 Å². The molecule has 0 aromatic heterocycles. The number of carbonyl (C=O) groups is 2. The first-order valence-corrected chi connectivity index (χ1v) is 5.23. The van der Waals surface area contributed by atoms with Gasteiger partial charge in [-0.3, -0.25) is 9.59 Å². The third-order valence-electron chi connectivity index (χ3n) is 2.31. The smallest absolute Gasteiger partial charge is 0.304 e. The standard InChI is InChI=1S/C12H13ClO3/c1-12(2,7-10(14)15)11(16)8-3-5-9(13)6-4-8/h3-6H,7H2,1-2H3,(H,14,15). The summed E-state index contributed by atoms with van der Waals surface area (Å²) < 4.78 is 0.